The lowest BCUT2D eigenvalue weighted by molar-refractivity contribution is -0.190. The maximum absolute atomic E-state index is 14.4. The molecular weight excluding hydrogens is 556 g/mol. The number of nitrogens with two attached hydrogens (primary N) is 1. The van der Waals surface area contributed by atoms with Gasteiger partial charge in [0.1, 0.15) is 11.7 Å². The minimum absolute atomic E-state index is 0.0179. The van der Waals surface area contributed by atoms with Crippen molar-refractivity contribution in [3.8, 4) is 28.4 Å². The molecule has 11 heteroatoms. The van der Waals surface area contributed by atoms with Gasteiger partial charge in [-0.2, -0.15) is 0 Å². The SMILES string of the molecule is CN(C)[C@H]1C(O)C(C(N)=O)C(=O)[C@]2(O)C(=O)C3C(=O)c4c(O)c(C(C)(C)C)cc(-c5ccc6c(c5)OCO6)c4C[C@@H]3C[C@H]12. The van der Waals surface area contributed by atoms with Gasteiger partial charge >= 0.3 is 0 Å². The van der Waals surface area contributed by atoms with Gasteiger partial charge in [0.15, 0.2) is 34.4 Å². The van der Waals surface area contributed by atoms with Gasteiger partial charge in [0, 0.05) is 17.5 Å². The monoisotopic (exact) mass is 592 g/mol. The summed E-state index contributed by atoms with van der Waals surface area (Å²) in [7, 11) is 3.23. The lowest BCUT2D eigenvalue weighted by Gasteiger charge is -2.55. The summed E-state index contributed by atoms with van der Waals surface area (Å²) >= 11 is 0. The Kier molecular flexibility index (Phi) is 6.54. The summed E-state index contributed by atoms with van der Waals surface area (Å²) in [6.07, 6.45) is -1.32. The van der Waals surface area contributed by atoms with Crippen LogP contribution in [0.5, 0.6) is 17.2 Å². The van der Waals surface area contributed by atoms with Crippen molar-refractivity contribution in [1.29, 1.82) is 0 Å². The fourth-order valence-corrected chi connectivity index (χ4v) is 7.78. The average Bonchev–Trinajstić information content (AvgIpc) is 3.38. The zero-order chi connectivity index (χ0) is 31.3. The van der Waals surface area contributed by atoms with Crippen LogP contribution >= 0.6 is 0 Å². The second-order valence-corrected chi connectivity index (χ2v) is 13.5. The molecule has 2 saturated carbocycles. The number of phenols is 1. The van der Waals surface area contributed by atoms with E-state index in [0.29, 0.717) is 28.2 Å². The number of phenolic OH excluding ortho intramolecular Hbond substituents is 1. The number of benzene rings is 2. The van der Waals surface area contributed by atoms with E-state index in [0.717, 1.165) is 5.56 Å². The molecule has 0 radical (unpaired) electrons. The van der Waals surface area contributed by atoms with Gasteiger partial charge in [0.05, 0.1) is 17.6 Å². The third kappa shape index (κ3) is 4.05. The Balaban J connectivity index is 1.54. The number of aromatic hydroxyl groups is 1. The van der Waals surface area contributed by atoms with Crippen LogP contribution < -0.4 is 15.2 Å². The number of Topliss-reactive ketones (excluding diaryl/α,β-unsaturated/α-hetero) is 3. The molecule has 43 heavy (non-hydrogen) atoms. The third-order valence-electron chi connectivity index (χ3n) is 9.78. The molecule has 228 valence electrons. The number of hydrogen-bond acceptors (Lipinski definition) is 10. The first-order valence-corrected chi connectivity index (χ1v) is 14.4. The predicted molar refractivity (Wildman–Crippen MR) is 153 cm³/mol. The lowest BCUT2D eigenvalue weighted by atomic mass is 9.51. The quantitative estimate of drug-likeness (QED) is 0.381. The second kappa shape index (κ2) is 9.60. The van der Waals surface area contributed by atoms with Gasteiger partial charge in [-0.25, -0.2) is 0 Å². The molecule has 6 rings (SSSR count). The largest absolute Gasteiger partial charge is 0.507 e. The molecule has 0 spiro atoms. The van der Waals surface area contributed by atoms with Crippen LogP contribution in [0.3, 0.4) is 0 Å². The van der Waals surface area contributed by atoms with Crippen molar-refractivity contribution in [3.05, 3.63) is 41.0 Å². The number of ether oxygens (including phenoxy) is 2. The van der Waals surface area contributed by atoms with Gasteiger partial charge in [0.2, 0.25) is 12.7 Å². The Labute approximate surface area is 248 Å². The first kappa shape index (κ1) is 29.3. The highest BCUT2D eigenvalue weighted by Gasteiger charge is 2.69. The van der Waals surface area contributed by atoms with Crippen LogP contribution in [-0.2, 0) is 26.2 Å². The van der Waals surface area contributed by atoms with Crippen LogP contribution in [0.15, 0.2) is 24.3 Å². The number of amides is 1. The predicted octanol–water partition coefficient (Wildman–Crippen LogP) is 1.35. The zero-order valence-electron chi connectivity index (χ0n) is 24.7. The molecule has 1 heterocycles. The minimum Gasteiger partial charge on any atom is -0.507 e. The van der Waals surface area contributed by atoms with Crippen LogP contribution in [0.25, 0.3) is 11.1 Å². The highest BCUT2D eigenvalue weighted by Crippen LogP contribution is 2.54. The molecule has 0 saturated heterocycles. The van der Waals surface area contributed by atoms with Gasteiger partial charge < -0.3 is 35.4 Å². The second-order valence-electron chi connectivity index (χ2n) is 13.5. The molecule has 0 aromatic heterocycles. The molecule has 2 aromatic carbocycles. The number of ketones is 3. The van der Waals surface area contributed by atoms with E-state index in [2.05, 4.69) is 0 Å². The Hall–Kier alpha value is -3.80. The highest BCUT2D eigenvalue weighted by molar-refractivity contribution is 6.25. The molecular formula is C32H36N2O9. The van der Waals surface area contributed by atoms with E-state index in [9.17, 15) is 34.5 Å². The van der Waals surface area contributed by atoms with E-state index >= 15 is 0 Å². The molecule has 5 N–H and O–H groups in total. The first-order valence-electron chi connectivity index (χ1n) is 14.4. The van der Waals surface area contributed by atoms with Gasteiger partial charge in [-0.3, -0.25) is 19.2 Å². The molecule has 0 bridgehead atoms. The number of aliphatic hydroxyl groups is 2. The molecule has 3 unspecified atom stereocenters. The van der Waals surface area contributed by atoms with Gasteiger partial charge in [-0.15, -0.1) is 0 Å². The maximum Gasteiger partial charge on any atom is 0.231 e. The molecule has 4 aliphatic rings. The Morgan fingerprint density at radius 1 is 1.07 bits per heavy atom. The Morgan fingerprint density at radius 2 is 1.74 bits per heavy atom. The summed E-state index contributed by atoms with van der Waals surface area (Å²) in [5, 5.41) is 34.5. The Morgan fingerprint density at radius 3 is 2.37 bits per heavy atom. The summed E-state index contributed by atoms with van der Waals surface area (Å²) in [6.45, 7) is 5.77. The van der Waals surface area contributed by atoms with Crippen molar-refractivity contribution in [2.24, 2.45) is 29.4 Å². The number of fused-ring (bicyclic) bond motifs is 4. The van der Waals surface area contributed by atoms with E-state index in [1.165, 1.54) is 0 Å². The number of rotatable bonds is 3. The molecule has 3 aliphatic carbocycles. The van der Waals surface area contributed by atoms with Crippen molar-refractivity contribution in [2.45, 2.75) is 56.8 Å². The van der Waals surface area contributed by atoms with Crippen molar-refractivity contribution < 1.29 is 44.0 Å². The molecule has 11 nitrogen and oxygen atoms in total. The average molecular weight is 593 g/mol. The fraction of sp³-hybridized carbons (Fsp3) is 0.500. The van der Waals surface area contributed by atoms with Crippen LogP contribution in [0.2, 0.25) is 0 Å². The van der Waals surface area contributed by atoms with Crippen molar-refractivity contribution in [3.63, 3.8) is 0 Å². The number of carbonyl (C=O) groups is 4. The third-order valence-corrected chi connectivity index (χ3v) is 9.78. The van der Waals surface area contributed by atoms with Crippen LogP contribution in [0.1, 0.15) is 48.7 Å². The summed E-state index contributed by atoms with van der Waals surface area (Å²) in [5.41, 5.74) is 4.60. The number of primary amides is 1. The summed E-state index contributed by atoms with van der Waals surface area (Å²) in [4.78, 5) is 56.0. The van der Waals surface area contributed by atoms with E-state index < -0.39 is 70.1 Å². The number of hydrogen-bond donors (Lipinski definition) is 4. The van der Waals surface area contributed by atoms with E-state index in [1.54, 1.807) is 25.1 Å². The van der Waals surface area contributed by atoms with E-state index in [-0.39, 0.29) is 30.9 Å². The van der Waals surface area contributed by atoms with Gasteiger partial charge in [0.25, 0.3) is 0 Å². The summed E-state index contributed by atoms with van der Waals surface area (Å²) < 4.78 is 11.1. The lowest BCUT2D eigenvalue weighted by Crippen LogP contribution is -2.75. The summed E-state index contributed by atoms with van der Waals surface area (Å²) in [6, 6.07) is 6.32. The first-order chi connectivity index (χ1) is 20.1. The van der Waals surface area contributed by atoms with Gasteiger partial charge in [-0.1, -0.05) is 26.8 Å². The molecule has 7 atom stereocenters. The number of aliphatic hydroxyl groups excluding tert-OH is 1. The van der Waals surface area contributed by atoms with Gasteiger partial charge in [-0.05, 0) is 73.2 Å². The van der Waals surface area contributed by atoms with E-state index in [4.69, 9.17) is 15.2 Å². The molecule has 2 aromatic rings. The Bertz CT molecular complexity index is 1590. The zero-order valence-corrected chi connectivity index (χ0v) is 24.7. The summed E-state index contributed by atoms with van der Waals surface area (Å²) in [5.74, 6) is -8.17. The standard InChI is InChI=1S/C32H36N2O9/c1-31(2,3)18-11-15(13-6-7-19-20(10-13)43-12-42-19)16-8-14-9-17-24(34(4)5)27(37)23(30(33)40)29(39)32(17,41)28(38)21(14)26(36)22(16)25(18)35/h6-7,10-11,14,17,21,23-24,27,35,37,41H,8-9,12H2,1-5H3,(H2,33,40)/t14-,17-,21?,23?,24-,27?,32-/m1/s1. The number of nitrogens with zero attached hydrogens (tertiary/aromatic N) is 1. The smallest absolute Gasteiger partial charge is 0.231 e. The van der Waals surface area contributed by atoms with Crippen LogP contribution in [0.4, 0.5) is 0 Å². The van der Waals surface area contributed by atoms with Crippen LogP contribution in [-0.4, -0.2) is 82.1 Å². The van der Waals surface area contributed by atoms with Crippen molar-refractivity contribution in [1.82, 2.24) is 4.90 Å². The molecule has 1 aliphatic heterocycles. The van der Waals surface area contributed by atoms with E-state index in [1.807, 2.05) is 39.0 Å². The maximum atomic E-state index is 14.4. The van der Waals surface area contributed by atoms with Crippen molar-refractivity contribution >= 4 is 23.3 Å². The van der Waals surface area contributed by atoms with Crippen LogP contribution in [0, 0.1) is 23.7 Å². The van der Waals surface area contributed by atoms with Crippen molar-refractivity contribution in [2.75, 3.05) is 20.9 Å². The normalized spacial score (nSPS) is 31.5. The topological polar surface area (TPSA) is 177 Å². The fourth-order valence-electron chi connectivity index (χ4n) is 7.78. The molecule has 1 amide bonds. The highest BCUT2D eigenvalue weighted by atomic mass is 16.7. The number of carbonyl (C=O) groups excluding carboxylic acids is 4. The molecule has 2 fully saturated rings. The number of likely N-dealkylation sites (N-methyl/N-ethyl adjacent to an activating group) is 1. The minimum atomic E-state index is -2.71.